The second-order valence-electron chi connectivity index (χ2n) is 6.25. The minimum atomic E-state index is -3.52. The Kier molecular flexibility index (Phi) is 4.83. The van der Waals surface area contributed by atoms with Crippen LogP contribution in [0, 0.1) is 11.6 Å². The summed E-state index contributed by atoms with van der Waals surface area (Å²) in [6.07, 6.45) is 0.776. The molecule has 1 saturated heterocycles. The lowest BCUT2D eigenvalue weighted by molar-refractivity contribution is 0.135. The molecule has 3 aromatic rings. The fourth-order valence-corrected chi connectivity index (χ4v) is 5.47. The SMILES string of the molecule is O=S(=O)(c1ccccc1)N1CCC(Oc2nc3c(F)cc(F)cc3s2)CC1. The Morgan fingerprint density at radius 1 is 1.11 bits per heavy atom. The van der Waals surface area contributed by atoms with Crippen LogP contribution < -0.4 is 4.74 Å². The van der Waals surface area contributed by atoms with Crippen molar-refractivity contribution in [2.75, 3.05) is 13.1 Å². The summed E-state index contributed by atoms with van der Waals surface area (Å²) >= 11 is 1.08. The van der Waals surface area contributed by atoms with E-state index in [1.54, 1.807) is 30.3 Å². The Morgan fingerprint density at radius 3 is 2.52 bits per heavy atom. The largest absolute Gasteiger partial charge is 0.467 e. The van der Waals surface area contributed by atoms with Gasteiger partial charge in [0.25, 0.3) is 5.19 Å². The molecule has 2 heterocycles. The summed E-state index contributed by atoms with van der Waals surface area (Å²) in [4.78, 5) is 4.36. The van der Waals surface area contributed by atoms with Crippen LogP contribution in [0.2, 0.25) is 0 Å². The molecular weight excluding hydrogens is 394 g/mol. The van der Waals surface area contributed by atoms with E-state index in [0.29, 0.717) is 30.6 Å². The maximum atomic E-state index is 13.8. The van der Waals surface area contributed by atoms with Crippen LogP contribution in [0.4, 0.5) is 8.78 Å². The number of hydrogen-bond acceptors (Lipinski definition) is 5. The van der Waals surface area contributed by atoms with Crippen LogP contribution in [0.25, 0.3) is 10.2 Å². The zero-order chi connectivity index (χ0) is 19.0. The van der Waals surface area contributed by atoms with E-state index in [2.05, 4.69) is 4.98 Å². The lowest BCUT2D eigenvalue weighted by atomic mass is 10.1. The van der Waals surface area contributed by atoms with Gasteiger partial charge in [-0.1, -0.05) is 29.5 Å². The molecule has 1 aliphatic heterocycles. The van der Waals surface area contributed by atoms with Gasteiger partial charge in [0.15, 0.2) is 5.82 Å². The monoisotopic (exact) mass is 410 g/mol. The Labute approximate surface area is 159 Å². The zero-order valence-corrected chi connectivity index (χ0v) is 15.8. The van der Waals surface area contributed by atoms with Gasteiger partial charge in [-0.15, -0.1) is 0 Å². The first-order valence-electron chi connectivity index (χ1n) is 8.41. The first-order valence-corrected chi connectivity index (χ1v) is 10.7. The number of rotatable bonds is 4. The van der Waals surface area contributed by atoms with Crippen molar-refractivity contribution in [1.82, 2.24) is 9.29 Å². The van der Waals surface area contributed by atoms with Gasteiger partial charge in [0.2, 0.25) is 10.0 Å². The summed E-state index contributed by atoms with van der Waals surface area (Å²) in [6, 6.07) is 10.3. The molecule has 4 rings (SSSR count). The third-order valence-corrected chi connectivity index (χ3v) is 7.25. The molecule has 5 nitrogen and oxygen atoms in total. The smallest absolute Gasteiger partial charge is 0.274 e. The highest BCUT2D eigenvalue weighted by atomic mass is 32.2. The molecule has 0 bridgehead atoms. The highest BCUT2D eigenvalue weighted by molar-refractivity contribution is 7.89. The summed E-state index contributed by atoms with van der Waals surface area (Å²) in [7, 11) is -3.52. The zero-order valence-electron chi connectivity index (χ0n) is 14.1. The number of nitrogens with zero attached hydrogens (tertiary/aromatic N) is 2. The van der Waals surface area contributed by atoms with E-state index >= 15 is 0 Å². The van der Waals surface area contributed by atoms with Gasteiger partial charge >= 0.3 is 0 Å². The standard InChI is InChI=1S/C18H16F2N2O3S2/c19-12-10-15(20)17-16(11-12)26-18(21-17)25-13-6-8-22(9-7-13)27(23,24)14-4-2-1-3-5-14/h1-5,10-11,13H,6-9H2. The first-order chi connectivity index (χ1) is 12.9. The van der Waals surface area contributed by atoms with Crippen molar-refractivity contribution in [3.8, 4) is 5.19 Å². The van der Waals surface area contributed by atoms with Gasteiger partial charge in [0, 0.05) is 19.2 Å². The second kappa shape index (κ2) is 7.14. The molecule has 0 saturated carbocycles. The third kappa shape index (κ3) is 3.67. The van der Waals surface area contributed by atoms with E-state index in [1.807, 2.05) is 0 Å². The number of sulfonamides is 1. The minimum Gasteiger partial charge on any atom is -0.467 e. The van der Waals surface area contributed by atoms with Crippen molar-refractivity contribution in [3.05, 3.63) is 54.1 Å². The van der Waals surface area contributed by atoms with Crippen LogP contribution in [0.1, 0.15) is 12.8 Å². The molecule has 0 N–H and O–H groups in total. The lowest BCUT2D eigenvalue weighted by Gasteiger charge is -2.30. The van der Waals surface area contributed by atoms with Crippen LogP contribution in [-0.2, 0) is 10.0 Å². The fraction of sp³-hybridized carbons (Fsp3) is 0.278. The van der Waals surface area contributed by atoms with Crippen LogP contribution >= 0.6 is 11.3 Å². The van der Waals surface area contributed by atoms with Gasteiger partial charge in [-0.3, -0.25) is 0 Å². The number of aromatic nitrogens is 1. The number of benzene rings is 2. The quantitative estimate of drug-likeness (QED) is 0.656. The third-order valence-electron chi connectivity index (χ3n) is 4.44. The van der Waals surface area contributed by atoms with E-state index in [4.69, 9.17) is 4.74 Å². The molecular formula is C18H16F2N2O3S2. The minimum absolute atomic E-state index is 0.0838. The number of halogens is 2. The summed E-state index contributed by atoms with van der Waals surface area (Å²) < 4.78 is 59.9. The van der Waals surface area contributed by atoms with Crippen molar-refractivity contribution in [2.45, 2.75) is 23.8 Å². The molecule has 0 unspecified atom stereocenters. The normalized spacial score (nSPS) is 16.7. The van der Waals surface area contributed by atoms with Crippen molar-refractivity contribution in [2.24, 2.45) is 0 Å². The van der Waals surface area contributed by atoms with E-state index in [1.165, 1.54) is 10.4 Å². The summed E-state index contributed by atoms with van der Waals surface area (Å²) in [5, 5.41) is 0.263. The molecule has 1 fully saturated rings. The van der Waals surface area contributed by atoms with Crippen molar-refractivity contribution in [3.63, 3.8) is 0 Å². The average molecular weight is 410 g/mol. The van der Waals surface area contributed by atoms with Crippen LogP contribution in [0.15, 0.2) is 47.4 Å². The molecule has 1 aliphatic rings. The van der Waals surface area contributed by atoms with E-state index < -0.39 is 21.7 Å². The molecule has 0 amide bonds. The number of thiazole rings is 1. The van der Waals surface area contributed by atoms with Gasteiger partial charge in [-0.05, 0) is 31.0 Å². The fourth-order valence-electron chi connectivity index (χ4n) is 3.06. The highest BCUT2D eigenvalue weighted by Gasteiger charge is 2.30. The molecule has 2 aromatic carbocycles. The highest BCUT2D eigenvalue weighted by Crippen LogP contribution is 2.32. The van der Waals surface area contributed by atoms with Crippen LogP contribution in [-0.4, -0.2) is 36.9 Å². The maximum Gasteiger partial charge on any atom is 0.274 e. The molecule has 1 aromatic heterocycles. The van der Waals surface area contributed by atoms with Crippen molar-refractivity contribution >= 4 is 31.6 Å². The lowest BCUT2D eigenvalue weighted by Crippen LogP contribution is -2.41. The predicted molar refractivity (Wildman–Crippen MR) is 98.4 cm³/mol. The van der Waals surface area contributed by atoms with Gasteiger partial charge in [0.05, 0.1) is 9.60 Å². The maximum absolute atomic E-state index is 13.8. The summed E-state index contributed by atoms with van der Waals surface area (Å²) in [5.41, 5.74) is 0.0838. The molecule has 9 heteroatoms. The van der Waals surface area contributed by atoms with Crippen LogP contribution in [0.5, 0.6) is 5.19 Å². The molecule has 0 atom stereocenters. The molecule has 0 spiro atoms. The molecule has 0 aliphatic carbocycles. The Hall–Kier alpha value is -2.10. The summed E-state index contributed by atoms with van der Waals surface area (Å²) in [6.45, 7) is 0.658. The number of fused-ring (bicyclic) bond motifs is 1. The summed E-state index contributed by atoms with van der Waals surface area (Å²) in [5.74, 6) is -1.38. The van der Waals surface area contributed by atoms with E-state index in [9.17, 15) is 17.2 Å². The number of piperidine rings is 1. The Morgan fingerprint density at radius 2 is 1.81 bits per heavy atom. The number of hydrogen-bond donors (Lipinski definition) is 0. The first kappa shape index (κ1) is 18.3. The average Bonchev–Trinajstić information content (AvgIpc) is 3.05. The van der Waals surface area contributed by atoms with Crippen molar-refractivity contribution < 1.29 is 21.9 Å². The van der Waals surface area contributed by atoms with Gasteiger partial charge < -0.3 is 4.74 Å². The molecule has 0 radical (unpaired) electrons. The molecule has 142 valence electrons. The molecule has 27 heavy (non-hydrogen) atoms. The topological polar surface area (TPSA) is 59.5 Å². The van der Waals surface area contributed by atoms with E-state index in [-0.39, 0.29) is 21.7 Å². The predicted octanol–water partition coefficient (Wildman–Crippen LogP) is 3.81. The van der Waals surface area contributed by atoms with Crippen molar-refractivity contribution in [1.29, 1.82) is 0 Å². The van der Waals surface area contributed by atoms with Gasteiger partial charge in [0.1, 0.15) is 17.4 Å². The van der Waals surface area contributed by atoms with Gasteiger partial charge in [-0.2, -0.15) is 9.29 Å². The van der Waals surface area contributed by atoms with Gasteiger partial charge in [-0.25, -0.2) is 17.2 Å². The Bertz CT molecular complexity index is 1060. The number of ether oxygens (including phenoxy) is 1. The van der Waals surface area contributed by atoms with E-state index in [0.717, 1.165) is 17.4 Å². The Balaban J connectivity index is 1.43. The van der Waals surface area contributed by atoms with Crippen LogP contribution in [0.3, 0.4) is 0 Å². The second-order valence-corrected chi connectivity index (χ2v) is 9.18.